The van der Waals surface area contributed by atoms with E-state index in [9.17, 15) is 8.78 Å². The van der Waals surface area contributed by atoms with Crippen molar-refractivity contribution in [2.24, 2.45) is 0 Å². The van der Waals surface area contributed by atoms with Crippen molar-refractivity contribution < 1.29 is 8.78 Å². The Morgan fingerprint density at radius 3 is 2.53 bits per heavy atom. The molecular weight excluding hydrogens is 312 g/mol. The van der Waals surface area contributed by atoms with Gasteiger partial charge in [0.25, 0.3) is 0 Å². The highest BCUT2D eigenvalue weighted by Crippen LogP contribution is 2.31. The van der Waals surface area contributed by atoms with Crippen LogP contribution in [0.1, 0.15) is 24.1 Å². The summed E-state index contributed by atoms with van der Waals surface area (Å²) in [5, 5.41) is 3.19. The summed E-state index contributed by atoms with van der Waals surface area (Å²) in [7, 11) is 0. The van der Waals surface area contributed by atoms with Gasteiger partial charge in [-0.3, -0.25) is 0 Å². The average Bonchev–Trinajstić information content (AvgIpc) is 2.37. The van der Waals surface area contributed by atoms with E-state index in [-0.39, 0.29) is 17.7 Å². The fourth-order valence-electron chi connectivity index (χ4n) is 2.06. The lowest BCUT2D eigenvalue weighted by molar-refractivity contribution is 0.552. The van der Waals surface area contributed by atoms with E-state index in [0.717, 1.165) is 0 Å². The second-order valence-corrected chi connectivity index (χ2v) is 5.04. The molecule has 1 atom stereocenters. The lowest BCUT2D eigenvalue weighted by Gasteiger charge is -2.21. The predicted molar refractivity (Wildman–Crippen MR) is 76.0 cm³/mol. The Labute approximate surface area is 119 Å². The number of nitrogens with one attached hydrogen (secondary N) is 1. The molecule has 0 amide bonds. The third-order valence-electron chi connectivity index (χ3n) is 2.88. The topological polar surface area (TPSA) is 12.0 Å². The predicted octanol–water partition coefficient (Wildman–Crippen LogP) is 4.43. The molecule has 1 N–H and O–H groups in total. The lowest BCUT2D eigenvalue weighted by Crippen LogP contribution is -2.23. The highest BCUT2D eigenvalue weighted by molar-refractivity contribution is 9.10. The summed E-state index contributed by atoms with van der Waals surface area (Å²) < 4.78 is 28.1. The third-order valence-corrected chi connectivity index (χ3v) is 3.57. The maximum absolute atomic E-state index is 14.0. The van der Waals surface area contributed by atoms with Crippen LogP contribution in [0.2, 0.25) is 0 Å². The minimum atomic E-state index is -0.378. The highest BCUT2D eigenvalue weighted by Gasteiger charge is 2.20. The molecule has 2 aromatic rings. The van der Waals surface area contributed by atoms with E-state index in [4.69, 9.17) is 0 Å². The summed E-state index contributed by atoms with van der Waals surface area (Å²) in [4.78, 5) is 0. The molecular formula is C15H14BrF2N. The summed E-state index contributed by atoms with van der Waals surface area (Å²) in [5.74, 6) is -0.641. The molecule has 0 aliphatic carbocycles. The van der Waals surface area contributed by atoms with Crippen molar-refractivity contribution in [2.45, 2.75) is 13.0 Å². The van der Waals surface area contributed by atoms with Gasteiger partial charge >= 0.3 is 0 Å². The smallest absolute Gasteiger partial charge is 0.129 e. The van der Waals surface area contributed by atoms with Crippen LogP contribution in [-0.2, 0) is 0 Å². The fourth-order valence-corrected chi connectivity index (χ4v) is 2.63. The molecule has 4 heteroatoms. The fraction of sp³-hybridized carbons (Fsp3) is 0.200. The minimum absolute atomic E-state index is 0.315. The molecule has 0 fully saturated rings. The van der Waals surface area contributed by atoms with E-state index in [1.54, 1.807) is 24.3 Å². The Morgan fingerprint density at radius 1 is 1.16 bits per heavy atom. The summed E-state index contributed by atoms with van der Waals surface area (Å²) in [6, 6.07) is 10.7. The Hall–Kier alpha value is -1.26. The average molecular weight is 326 g/mol. The third kappa shape index (κ3) is 3.19. The highest BCUT2D eigenvalue weighted by atomic mass is 79.9. The molecule has 0 saturated carbocycles. The monoisotopic (exact) mass is 325 g/mol. The van der Waals surface area contributed by atoms with E-state index < -0.39 is 0 Å². The second-order valence-electron chi connectivity index (χ2n) is 4.18. The van der Waals surface area contributed by atoms with Crippen molar-refractivity contribution in [1.82, 2.24) is 5.32 Å². The first-order chi connectivity index (χ1) is 9.13. The van der Waals surface area contributed by atoms with E-state index in [2.05, 4.69) is 21.2 Å². The van der Waals surface area contributed by atoms with Crippen LogP contribution in [0.4, 0.5) is 8.78 Å². The number of halogens is 3. The van der Waals surface area contributed by atoms with E-state index >= 15 is 0 Å². The molecule has 100 valence electrons. The largest absolute Gasteiger partial charge is 0.306 e. The van der Waals surface area contributed by atoms with Gasteiger partial charge in [0.2, 0.25) is 0 Å². The van der Waals surface area contributed by atoms with Crippen LogP contribution >= 0.6 is 15.9 Å². The molecule has 0 aliphatic rings. The van der Waals surface area contributed by atoms with Gasteiger partial charge in [0, 0.05) is 10.0 Å². The normalized spacial score (nSPS) is 12.4. The number of rotatable bonds is 4. The maximum Gasteiger partial charge on any atom is 0.129 e. The maximum atomic E-state index is 14.0. The van der Waals surface area contributed by atoms with Gasteiger partial charge in [-0.15, -0.1) is 0 Å². The summed E-state index contributed by atoms with van der Waals surface area (Å²) in [6.07, 6.45) is 0. The minimum Gasteiger partial charge on any atom is -0.306 e. The van der Waals surface area contributed by atoms with Crippen LogP contribution in [0.15, 0.2) is 46.9 Å². The summed E-state index contributed by atoms with van der Waals surface area (Å²) in [6.45, 7) is 2.59. The zero-order valence-electron chi connectivity index (χ0n) is 10.5. The Balaban J connectivity index is 2.51. The SMILES string of the molecule is CCNC(c1cccc(F)c1)c1c(F)cccc1Br. The first-order valence-electron chi connectivity index (χ1n) is 6.06. The molecule has 19 heavy (non-hydrogen) atoms. The first-order valence-corrected chi connectivity index (χ1v) is 6.85. The van der Waals surface area contributed by atoms with Crippen molar-refractivity contribution in [3.05, 3.63) is 69.7 Å². The van der Waals surface area contributed by atoms with Crippen molar-refractivity contribution in [2.75, 3.05) is 6.54 Å². The van der Waals surface area contributed by atoms with Crippen LogP contribution < -0.4 is 5.32 Å². The van der Waals surface area contributed by atoms with Crippen molar-refractivity contribution in [3.8, 4) is 0 Å². The van der Waals surface area contributed by atoms with Gasteiger partial charge in [-0.25, -0.2) is 8.78 Å². The van der Waals surface area contributed by atoms with Crippen LogP contribution in [0.5, 0.6) is 0 Å². The number of hydrogen-bond donors (Lipinski definition) is 1. The molecule has 0 aliphatic heterocycles. The zero-order valence-corrected chi connectivity index (χ0v) is 12.0. The van der Waals surface area contributed by atoms with Gasteiger partial charge in [0.1, 0.15) is 11.6 Å². The quantitative estimate of drug-likeness (QED) is 0.877. The van der Waals surface area contributed by atoms with Gasteiger partial charge in [0.05, 0.1) is 6.04 Å². The molecule has 1 nitrogen and oxygen atoms in total. The molecule has 0 saturated heterocycles. The lowest BCUT2D eigenvalue weighted by atomic mass is 9.98. The second kappa shape index (κ2) is 6.26. The molecule has 0 aromatic heterocycles. The van der Waals surface area contributed by atoms with Crippen molar-refractivity contribution in [1.29, 1.82) is 0 Å². The zero-order chi connectivity index (χ0) is 13.8. The molecule has 1 unspecified atom stereocenters. The summed E-state index contributed by atoms with van der Waals surface area (Å²) in [5.41, 5.74) is 1.20. The summed E-state index contributed by atoms with van der Waals surface area (Å²) >= 11 is 3.36. The molecule has 2 aromatic carbocycles. The van der Waals surface area contributed by atoms with Gasteiger partial charge in [0.15, 0.2) is 0 Å². The standard InChI is InChI=1S/C15H14BrF2N/c1-2-19-15(10-5-3-6-11(17)9-10)14-12(16)7-4-8-13(14)18/h3-9,15,19H,2H2,1H3. The number of hydrogen-bond acceptors (Lipinski definition) is 1. The molecule has 0 heterocycles. The van der Waals surface area contributed by atoms with Crippen molar-refractivity contribution >= 4 is 15.9 Å². The Kier molecular flexibility index (Phi) is 4.66. The molecule has 0 radical (unpaired) electrons. The van der Waals surface area contributed by atoms with Gasteiger partial charge in [-0.1, -0.05) is 41.1 Å². The van der Waals surface area contributed by atoms with E-state index in [1.165, 1.54) is 18.2 Å². The molecule has 0 spiro atoms. The Morgan fingerprint density at radius 2 is 1.89 bits per heavy atom. The van der Waals surface area contributed by atoms with Gasteiger partial charge in [-0.2, -0.15) is 0 Å². The van der Waals surface area contributed by atoms with Crippen LogP contribution in [0.25, 0.3) is 0 Å². The van der Waals surface area contributed by atoms with Gasteiger partial charge < -0.3 is 5.32 Å². The Bertz CT molecular complexity index is 552. The van der Waals surface area contributed by atoms with E-state index in [1.807, 2.05) is 6.92 Å². The van der Waals surface area contributed by atoms with Gasteiger partial charge in [-0.05, 0) is 36.4 Å². The molecule has 2 rings (SSSR count). The first kappa shape index (κ1) is 14.2. The van der Waals surface area contributed by atoms with Crippen LogP contribution in [0.3, 0.4) is 0 Å². The van der Waals surface area contributed by atoms with Crippen LogP contribution in [0, 0.1) is 11.6 Å². The van der Waals surface area contributed by atoms with E-state index in [0.29, 0.717) is 22.1 Å². The number of benzene rings is 2. The van der Waals surface area contributed by atoms with Crippen LogP contribution in [-0.4, -0.2) is 6.54 Å². The van der Waals surface area contributed by atoms with Crippen molar-refractivity contribution in [3.63, 3.8) is 0 Å². The molecule has 0 bridgehead atoms.